The predicted octanol–water partition coefficient (Wildman–Crippen LogP) is 4.44. The molecule has 2 bridgehead atoms. The van der Waals surface area contributed by atoms with Crippen LogP contribution in [0.5, 0.6) is 0 Å². The molecule has 1 saturated heterocycles. The maximum Gasteiger partial charge on any atom is 0.350 e. The number of Topliss-reactive ketones (excluding diaryl/α,β-unsaturated/α-hetero) is 1. The molecular formula is C61H69N3O20S2. The van der Waals surface area contributed by atoms with Gasteiger partial charge in [-0.25, -0.2) is 9.59 Å². The minimum Gasteiger partial charge on any atom is -0.455 e. The molecule has 0 spiro atoms. The van der Waals surface area contributed by atoms with Gasteiger partial charge in [-0.2, -0.15) is 0 Å². The lowest BCUT2D eigenvalue weighted by Crippen LogP contribution is -2.82. The van der Waals surface area contributed by atoms with Gasteiger partial charge in [-0.1, -0.05) is 102 Å². The van der Waals surface area contributed by atoms with E-state index in [2.05, 4.69) is 10.6 Å². The third-order valence-electron chi connectivity index (χ3n) is 16.4. The molecule has 2 aliphatic heterocycles. The molecule has 460 valence electrons. The molecule has 0 aromatic heterocycles. The lowest BCUT2D eigenvalue weighted by Gasteiger charge is -2.67. The Kier molecular flexibility index (Phi) is 20.8. The highest BCUT2D eigenvalue weighted by molar-refractivity contribution is 8.76. The van der Waals surface area contributed by atoms with Gasteiger partial charge >= 0.3 is 29.8 Å². The van der Waals surface area contributed by atoms with E-state index in [1.165, 1.54) is 61.4 Å². The van der Waals surface area contributed by atoms with Gasteiger partial charge in [-0.05, 0) is 54.8 Å². The lowest BCUT2D eigenvalue weighted by atomic mass is 9.44. The molecule has 8 rings (SSSR count). The molecule has 0 radical (unpaired) electrons. The number of ether oxygens (including phenoxy) is 7. The van der Waals surface area contributed by atoms with Crippen LogP contribution in [0.3, 0.4) is 0 Å². The van der Waals surface area contributed by atoms with E-state index in [1.807, 2.05) is 0 Å². The summed E-state index contributed by atoms with van der Waals surface area (Å²) in [6.45, 7) is 8.11. The molecule has 25 heteroatoms. The number of nitrogens with one attached hydrogen (secondary N) is 2. The molecule has 3 aromatic rings. The van der Waals surface area contributed by atoms with E-state index in [0.29, 0.717) is 16.4 Å². The van der Waals surface area contributed by atoms with Crippen LogP contribution in [0, 0.1) is 16.7 Å². The summed E-state index contributed by atoms with van der Waals surface area (Å²) in [4.78, 5) is 141. The number of aliphatic hydroxyl groups is 2. The van der Waals surface area contributed by atoms with Gasteiger partial charge in [-0.3, -0.25) is 43.2 Å². The van der Waals surface area contributed by atoms with Crippen molar-refractivity contribution in [3.05, 3.63) is 131 Å². The van der Waals surface area contributed by atoms with Crippen molar-refractivity contribution in [1.82, 2.24) is 15.7 Å². The Morgan fingerprint density at radius 2 is 1.40 bits per heavy atom. The highest BCUT2D eigenvalue weighted by Gasteiger charge is 2.78. The van der Waals surface area contributed by atoms with Crippen LogP contribution in [0.1, 0.15) is 99.5 Å². The van der Waals surface area contributed by atoms with Gasteiger partial charge < -0.3 is 54.0 Å². The van der Waals surface area contributed by atoms with Crippen molar-refractivity contribution in [2.75, 3.05) is 44.5 Å². The molecule has 86 heavy (non-hydrogen) atoms. The fraction of sp³-hybridized carbons (Fsp3) is 0.475. The standard InChI is InChI=1S/C61H69N3O20S2/c1-35-41(33-61(76)54(83-56(74)40-20-14-9-15-21-40)52-59(6,42(67)32-43-60(52,34-78-43)84-37(3)66)53(72)50(80-36(2)65)48(35)58(61,4)5)81-57(75)51(49(38-16-10-7-11-17-38)63-55(73)39-18-12-8-13-19-39)82-47(71)25-31-86-85-30-24-44(68)62-26-27-77-28-29-79-64-45(69)22-23-46(64)70/h7-23,41-43,49-52,54,67,76H,24-34H2,1-6H3,(H,62,68)(H,63,73)/t41-,42-,43+,49-,50+,51+,52?,54-,59+,60-,61+/m0/s1. The largest absolute Gasteiger partial charge is 0.455 e. The Balaban J connectivity index is 1.07. The van der Waals surface area contributed by atoms with Crippen molar-refractivity contribution in [1.29, 1.82) is 0 Å². The molecule has 3 aliphatic carbocycles. The van der Waals surface area contributed by atoms with Crippen molar-refractivity contribution in [3.8, 4) is 0 Å². The average Bonchev–Trinajstić information content (AvgIpc) is 0.713. The van der Waals surface area contributed by atoms with E-state index in [0.717, 1.165) is 26.0 Å². The van der Waals surface area contributed by atoms with Crippen LogP contribution in [0.2, 0.25) is 0 Å². The monoisotopic (exact) mass is 1230 g/mol. The maximum atomic E-state index is 15.8. The van der Waals surface area contributed by atoms with Crippen LogP contribution >= 0.6 is 21.6 Å². The van der Waals surface area contributed by atoms with Crippen molar-refractivity contribution in [2.45, 2.75) is 121 Å². The lowest BCUT2D eigenvalue weighted by molar-refractivity contribution is -0.346. The van der Waals surface area contributed by atoms with Crippen LogP contribution in [-0.4, -0.2) is 167 Å². The Morgan fingerprint density at radius 1 is 0.779 bits per heavy atom. The Hall–Kier alpha value is -7.26. The normalized spacial score (nSPS) is 26.9. The third kappa shape index (κ3) is 13.6. The first-order chi connectivity index (χ1) is 40.9. The summed E-state index contributed by atoms with van der Waals surface area (Å²) in [6.07, 6.45) is -9.00. The number of aliphatic hydroxyl groups excluding tert-OH is 1. The first-order valence-electron chi connectivity index (χ1n) is 27.9. The van der Waals surface area contributed by atoms with Crippen LogP contribution in [0.15, 0.2) is 114 Å². The predicted molar refractivity (Wildman–Crippen MR) is 306 cm³/mol. The van der Waals surface area contributed by atoms with Gasteiger partial charge in [0.05, 0.1) is 55.8 Å². The van der Waals surface area contributed by atoms with Gasteiger partial charge in [0.25, 0.3) is 17.7 Å². The summed E-state index contributed by atoms with van der Waals surface area (Å²) >= 11 is 0. The summed E-state index contributed by atoms with van der Waals surface area (Å²) in [7, 11) is 2.55. The number of carbonyl (C=O) groups excluding carboxylic acids is 10. The van der Waals surface area contributed by atoms with E-state index in [1.54, 1.807) is 78.9 Å². The van der Waals surface area contributed by atoms with Gasteiger partial charge in [0.2, 0.25) is 12.0 Å². The van der Waals surface area contributed by atoms with E-state index >= 15 is 9.59 Å². The number of esters is 5. The highest BCUT2D eigenvalue weighted by atomic mass is 33.1. The van der Waals surface area contributed by atoms with E-state index < -0.39 is 130 Å². The zero-order chi connectivity index (χ0) is 62.1. The maximum absolute atomic E-state index is 15.8. The zero-order valence-electron chi connectivity index (χ0n) is 48.2. The second kappa shape index (κ2) is 27.6. The minimum atomic E-state index is -2.50. The quantitative estimate of drug-likeness (QED) is 0.0228. The number of rotatable bonds is 25. The number of hydrogen-bond acceptors (Lipinski definition) is 22. The summed E-state index contributed by atoms with van der Waals surface area (Å²) in [5.41, 5.74) is -7.68. The minimum absolute atomic E-state index is 0.0253. The Bertz CT molecular complexity index is 3110. The molecule has 23 nitrogen and oxygen atoms in total. The zero-order valence-corrected chi connectivity index (χ0v) is 49.9. The molecule has 4 N–H and O–H groups in total. The van der Waals surface area contributed by atoms with Gasteiger partial charge in [0, 0.05) is 74.3 Å². The topological polar surface area (TPSA) is 312 Å². The van der Waals surface area contributed by atoms with E-state index in [4.69, 9.17) is 38.0 Å². The Morgan fingerprint density at radius 3 is 2.00 bits per heavy atom. The van der Waals surface area contributed by atoms with E-state index in [-0.39, 0.29) is 86.2 Å². The molecule has 4 amide bonds. The molecule has 2 saturated carbocycles. The third-order valence-corrected chi connectivity index (χ3v) is 18.8. The summed E-state index contributed by atoms with van der Waals surface area (Å²) in [5.74, 6) is -9.04. The summed E-state index contributed by atoms with van der Waals surface area (Å²) in [5, 5.41) is 32.5. The summed E-state index contributed by atoms with van der Waals surface area (Å²) in [6, 6.07) is 22.5. The first-order valence-corrected chi connectivity index (χ1v) is 30.4. The number of nitrogens with zero attached hydrogens (tertiary/aromatic N) is 1. The molecular weight excluding hydrogens is 1160 g/mol. The number of benzene rings is 3. The van der Waals surface area contributed by atoms with Gasteiger partial charge in [-0.15, -0.1) is 5.06 Å². The fourth-order valence-electron chi connectivity index (χ4n) is 12.0. The van der Waals surface area contributed by atoms with Gasteiger partial charge in [0.15, 0.2) is 17.5 Å². The number of imide groups is 1. The molecule has 3 aromatic carbocycles. The average molecular weight is 1230 g/mol. The van der Waals surface area contributed by atoms with Crippen molar-refractivity contribution < 1.29 is 96.2 Å². The molecule has 2 heterocycles. The molecule has 11 atom stereocenters. The van der Waals surface area contributed by atoms with Crippen LogP contribution in [0.25, 0.3) is 0 Å². The number of fused-ring (bicyclic) bond motifs is 5. The SMILES string of the molecule is CC(=O)O[C@H]1C(=O)[C@@]2(C)C([C@H](OC(=O)c3ccccc3)[C@]3(O)C[C@H](OC(=O)[C@H](OC(=O)CCSSCCC(=O)NCCOCCON4C(=O)C=CC4=O)[C@@H](NC(=O)c4ccccc4)c4ccccc4)C(C)=C1C3(C)C)[C@]1(OC(C)=O)CO[C@@H]1C[C@@H]2O. The van der Waals surface area contributed by atoms with Crippen LogP contribution in [-0.2, 0) is 76.4 Å². The fourth-order valence-corrected chi connectivity index (χ4v) is 14.0. The van der Waals surface area contributed by atoms with Crippen molar-refractivity contribution in [2.24, 2.45) is 16.7 Å². The van der Waals surface area contributed by atoms with Crippen LogP contribution < -0.4 is 10.6 Å². The van der Waals surface area contributed by atoms with Gasteiger partial charge in [0.1, 0.15) is 30.0 Å². The van der Waals surface area contributed by atoms with Crippen LogP contribution in [0.4, 0.5) is 0 Å². The smallest absolute Gasteiger partial charge is 0.350 e. The Labute approximate surface area is 503 Å². The molecule has 5 aliphatic rings. The van der Waals surface area contributed by atoms with Crippen molar-refractivity contribution >= 4 is 80.8 Å². The summed E-state index contributed by atoms with van der Waals surface area (Å²) < 4.78 is 42.4. The number of carbonyl (C=O) groups is 10. The molecule has 1 unspecified atom stereocenters. The number of hydroxylamine groups is 2. The highest BCUT2D eigenvalue weighted by Crippen LogP contribution is 2.64. The second-order valence-electron chi connectivity index (χ2n) is 22.1. The van der Waals surface area contributed by atoms with E-state index in [9.17, 15) is 48.6 Å². The number of hydrogen-bond donors (Lipinski definition) is 4. The number of amides is 4. The molecule has 3 fully saturated rings. The van der Waals surface area contributed by atoms with Crippen molar-refractivity contribution in [3.63, 3.8) is 0 Å². The second-order valence-corrected chi connectivity index (χ2v) is 24.8. The first kappa shape index (κ1) is 64.7. The number of ketones is 1.